The molecule has 132 valence electrons. The Balaban J connectivity index is 2.37. The Labute approximate surface area is 158 Å². The monoisotopic (exact) mass is 443 g/mol. The number of rotatable bonds is 4. The lowest BCUT2D eigenvalue weighted by molar-refractivity contribution is -0.123. The first-order chi connectivity index (χ1) is 11.3. The molecule has 1 amide bonds. The number of amides is 1. The van der Waals surface area contributed by atoms with Gasteiger partial charge in [-0.25, -0.2) is 4.79 Å². The fourth-order valence-electron chi connectivity index (χ4n) is 3.35. The van der Waals surface area contributed by atoms with Crippen molar-refractivity contribution in [1.82, 2.24) is 0 Å². The highest BCUT2D eigenvalue weighted by Gasteiger charge is 2.32. The molecule has 1 aromatic rings. The van der Waals surface area contributed by atoms with Crippen molar-refractivity contribution in [3.63, 3.8) is 0 Å². The largest absolute Gasteiger partial charge is 0.465 e. The highest BCUT2D eigenvalue weighted by atomic mass is 127. The molecule has 1 aliphatic rings. The van der Waals surface area contributed by atoms with E-state index in [1.807, 2.05) is 26.0 Å². The Morgan fingerprint density at radius 3 is 2.38 bits per heavy atom. The number of methoxy groups -OCH3 is 1. The molecule has 0 aromatic heterocycles. The molecular weight excluding hydrogens is 417 g/mol. The van der Waals surface area contributed by atoms with Crippen molar-refractivity contribution in [2.75, 3.05) is 12.0 Å². The maximum Gasteiger partial charge on any atom is 0.340 e. The van der Waals surface area contributed by atoms with Crippen LogP contribution in [0.4, 0.5) is 5.69 Å². The van der Waals surface area contributed by atoms with E-state index in [2.05, 4.69) is 29.5 Å². The summed E-state index contributed by atoms with van der Waals surface area (Å²) in [6.45, 7) is 6.22. The number of hydrogen-bond acceptors (Lipinski definition) is 3. The van der Waals surface area contributed by atoms with Crippen molar-refractivity contribution in [1.29, 1.82) is 0 Å². The molecule has 0 N–H and O–H groups in total. The summed E-state index contributed by atoms with van der Waals surface area (Å²) in [4.78, 5) is 27.1. The molecule has 0 atom stereocenters. The lowest BCUT2D eigenvalue weighted by atomic mass is 9.82. The summed E-state index contributed by atoms with van der Waals surface area (Å²) < 4.78 is 5.86. The maximum absolute atomic E-state index is 13.2. The first kappa shape index (κ1) is 19.2. The third-order valence-electron chi connectivity index (χ3n) is 4.74. The molecule has 0 spiro atoms. The fourth-order valence-corrected chi connectivity index (χ4v) is 3.84. The number of carbonyl (C=O) groups excluding carboxylic acids is 2. The molecule has 4 nitrogen and oxygen atoms in total. The van der Waals surface area contributed by atoms with Crippen LogP contribution in [0.15, 0.2) is 18.2 Å². The summed E-state index contributed by atoms with van der Waals surface area (Å²) in [7, 11) is 1.37. The Bertz CT molecular complexity index is 607. The molecule has 1 aromatic carbocycles. The molecule has 0 bridgehead atoms. The van der Waals surface area contributed by atoms with Crippen molar-refractivity contribution in [3.8, 4) is 0 Å². The number of benzene rings is 1. The molecule has 0 radical (unpaired) electrons. The zero-order valence-electron chi connectivity index (χ0n) is 14.8. The summed E-state index contributed by atoms with van der Waals surface area (Å²) in [5, 5.41) is 0. The quantitative estimate of drug-likeness (QED) is 0.503. The van der Waals surface area contributed by atoms with Crippen LogP contribution in [0, 0.1) is 15.4 Å². The van der Waals surface area contributed by atoms with Gasteiger partial charge in [-0.1, -0.05) is 6.92 Å². The number of nitrogens with zero attached hydrogens (tertiary/aromatic N) is 1. The molecular formula is C19H26INO3. The number of ether oxygens (including phenoxy) is 1. The number of carbonyl (C=O) groups is 2. The second-order valence-corrected chi connectivity index (χ2v) is 8.16. The molecule has 0 saturated heterocycles. The predicted octanol–water partition coefficient (Wildman–Crippen LogP) is 4.65. The van der Waals surface area contributed by atoms with E-state index in [0.29, 0.717) is 17.2 Å². The van der Waals surface area contributed by atoms with Crippen molar-refractivity contribution < 1.29 is 14.3 Å². The minimum absolute atomic E-state index is 0.0136. The Kier molecular flexibility index (Phi) is 6.66. The van der Waals surface area contributed by atoms with E-state index in [4.69, 9.17) is 4.74 Å². The SMILES string of the molecule is COC(=O)c1cc(I)ccc1N(C(=O)[C@H]1CC[C@H](C)CC1)C(C)C. The molecule has 1 aliphatic carbocycles. The third-order valence-corrected chi connectivity index (χ3v) is 5.41. The van der Waals surface area contributed by atoms with E-state index >= 15 is 0 Å². The normalized spacial score (nSPS) is 20.8. The average Bonchev–Trinajstić information content (AvgIpc) is 2.55. The van der Waals surface area contributed by atoms with Gasteiger partial charge in [0.05, 0.1) is 18.4 Å². The van der Waals surface area contributed by atoms with E-state index in [1.165, 1.54) is 7.11 Å². The van der Waals surface area contributed by atoms with E-state index in [1.54, 1.807) is 11.0 Å². The molecule has 1 saturated carbocycles. The summed E-state index contributed by atoms with van der Waals surface area (Å²) in [5.74, 6) is 0.473. The molecule has 0 heterocycles. The Hall–Kier alpha value is -1.11. The van der Waals surface area contributed by atoms with Gasteiger partial charge in [-0.2, -0.15) is 0 Å². The van der Waals surface area contributed by atoms with Gasteiger partial charge in [-0.15, -0.1) is 0 Å². The standard InChI is InChI=1S/C19H26INO3/c1-12(2)21(18(22)14-7-5-13(3)6-8-14)17-10-9-15(20)11-16(17)19(23)24-4/h9-14H,5-8H2,1-4H3/t13-,14-. The third kappa shape index (κ3) is 4.29. The average molecular weight is 443 g/mol. The minimum atomic E-state index is -0.403. The molecule has 24 heavy (non-hydrogen) atoms. The zero-order valence-corrected chi connectivity index (χ0v) is 17.0. The first-order valence-electron chi connectivity index (χ1n) is 8.56. The van der Waals surface area contributed by atoms with Gasteiger partial charge in [0.15, 0.2) is 0 Å². The highest BCUT2D eigenvalue weighted by Crippen LogP contribution is 2.33. The van der Waals surface area contributed by atoms with Gasteiger partial charge in [0.1, 0.15) is 0 Å². The minimum Gasteiger partial charge on any atom is -0.465 e. The van der Waals surface area contributed by atoms with Gasteiger partial charge in [0.2, 0.25) is 5.91 Å². The first-order valence-corrected chi connectivity index (χ1v) is 9.64. The van der Waals surface area contributed by atoms with Gasteiger partial charge >= 0.3 is 5.97 Å². The van der Waals surface area contributed by atoms with Crippen LogP contribution in [0.1, 0.15) is 56.8 Å². The lowest BCUT2D eigenvalue weighted by Gasteiger charge is -2.34. The predicted molar refractivity (Wildman–Crippen MR) is 104 cm³/mol. The summed E-state index contributed by atoms with van der Waals surface area (Å²) >= 11 is 2.16. The number of hydrogen-bond donors (Lipinski definition) is 0. The van der Waals surface area contributed by atoms with E-state index in [-0.39, 0.29) is 17.9 Å². The number of esters is 1. The van der Waals surface area contributed by atoms with Crippen molar-refractivity contribution in [2.24, 2.45) is 11.8 Å². The maximum atomic E-state index is 13.2. The van der Waals surface area contributed by atoms with Crippen LogP contribution in [-0.4, -0.2) is 25.0 Å². The smallest absolute Gasteiger partial charge is 0.340 e. The van der Waals surface area contributed by atoms with E-state index in [0.717, 1.165) is 29.3 Å². The van der Waals surface area contributed by atoms with Gasteiger partial charge in [-0.3, -0.25) is 4.79 Å². The lowest BCUT2D eigenvalue weighted by Crippen LogP contribution is -2.43. The van der Waals surface area contributed by atoms with Crippen LogP contribution in [0.3, 0.4) is 0 Å². The van der Waals surface area contributed by atoms with Crippen molar-refractivity contribution in [2.45, 2.75) is 52.5 Å². The summed E-state index contributed by atoms with van der Waals surface area (Å²) in [6.07, 6.45) is 4.06. The van der Waals surface area contributed by atoms with Crippen LogP contribution in [0.2, 0.25) is 0 Å². The second-order valence-electron chi connectivity index (χ2n) is 6.91. The molecule has 5 heteroatoms. The van der Waals surface area contributed by atoms with Gasteiger partial charge in [-0.05, 0) is 86.2 Å². The molecule has 0 aliphatic heterocycles. The van der Waals surface area contributed by atoms with Crippen LogP contribution in [-0.2, 0) is 9.53 Å². The van der Waals surface area contributed by atoms with Crippen molar-refractivity contribution in [3.05, 3.63) is 27.3 Å². The number of anilines is 1. The van der Waals surface area contributed by atoms with Crippen LogP contribution >= 0.6 is 22.6 Å². The Morgan fingerprint density at radius 1 is 1.21 bits per heavy atom. The fraction of sp³-hybridized carbons (Fsp3) is 0.579. The highest BCUT2D eigenvalue weighted by molar-refractivity contribution is 14.1. The van der Waals surface area contributed by atoms with Gasteiger partial charge in [0, 0.05) is 15.5 Å². The van der Waals surface area contributed by atoms with E-state index < -0.39 is 5.97 Å². The van der Waals surface area contributed by atoms with Gasteiger partial charge < -0.3 is 9.64 Å². The van der Waals surface area contributed by atoms with E-state index in [9.17, 15) is 9.59 Å². The van der Waals surface area contributed by atoms with Crippen molar-refractivity contribution >= 4 is 40.2 Å². The van der Waals surface area contributed by atoms with Crippen LogP contribution < -0.4 is 4.90 Å². The molecule has 1 fully saturated rings. The van der Waals surface area contributed by atoms with Crippen LogP contribution in [0.25, 0.3) is 0 Å². The topological polar surface area (TPSA) is 46.6 Å². The second kappa shape index (κ2) is 8.32. The summed E-state index contributed by atoms with van der Waals surface area (Å²) in [5.41, 5.74) is 1.11. The van der Waals surface area contributed by atoms with Gasteiger partial charge in [0.25, 0.3) is 0 Å². The van der Waals surface area contributed by atoms with Crippen LogP contribution in [0.5, 0.6) is 0 Å². The summed E-state index contributed by atoms with van der Waals surface area (Å²) in [6, 6.07) is 5.55. The Morgan fingerprint density at radius 2 is 1.83 bits per heavy atom. The zero-order chi connectivity index (χ0) is 17.9. The number of halogens is 1. The molecule has 2 rings (SSSR count). The molecule has 0 unspecified atom stereocenters.